The van der Waals surface area contributed by atoms with Crippen molar-refractivity contribution in [1.29, 1.82) is 0 Å². The highest BCUT2D eigenvalue weighted by atomic mass is 32.2. The fourth-order valence-corrected chi connectivity index (χ4v) is 1.93. The van der Waals surface area contributed by atoms with Gasteiger partial charge in [-0.1, -0.05) is 6.07 Å². The SMILES string of the molecule is NS(=O)(=O)c1cccc(NC(=O)CCCC(=O)O)c1. The fourth-order valence-electron chi connectivity index (χ4n) is 1.37. The Balaban J connectivity index is 2.62. The van der Waals surface area contributed by atoms with Crippen molar-refractivity contribution in [1.82, 2.24) is 0 Å². The lowest BCUT2D eigenvalue weighted by molar-refractivity contribution is -0.137. The molecule has 0 aliphatic rings. The quantitative estimate of drug-likeness (QED) is 0.703. The number of nitrogens with one attached hydrogen (secondary N) is 1. The average Bonchev–Trinajstić information content (AvgIpc) is 2.27. The maximum absolute atomic E-state index is 11.5. The van der Waals surface area contributed by atoms with Crippen molar-refractivity contribution in [2.45, 2.75) is 24.2 Å². The monoisotopic (exact) mass is 286 g/mol. The second-order valence-corrected chi connectivity index (χ2v) is 5.43. The van der Waals surface area contributed by atoms with E-state index in [1.165, 1.54) is 24.3 Å². The van der Waals surface area contributed by atoms with E-state index in [4.69, 9.17) is 10.2 Å². The summed E-state index contributed by atoms with van der Waals surface area (Å²) < 4.78 is 22.2. The van der Waals surface area contributed by atoms with E-state index >= 15 is 0 Å². The van der Waals surface area contributed by atoms with Gasteiger partial charge in [0.15, 0.2) is 0 Å². The van der Waals surface area contributed by atoms with Gasteiger partial charge in [0.05, 0.1) is 4.90 Å². The lowest BCUT2D eigenvalue weighted by Crippen LogP contribution is -2.14. The molecular weight excluding hydrogens is 272 g/mol. The third-order valence-corrected chi connectivity index (χ3v) is 3.15. The molecule has 0 heterocycles. The van der Waals surface area contributed by atoms with Crippen LogP contribution in [0.4, 0.5) is 5.69 Å². The van der Waals surface area contributed by atoms with E-state index in [1.54, 1.807) is 0 Å². The summed E-state index contributed by atoms with van der Waals surface area (Å²) in [6.45, 7) is 0. The van der Waals surface area contributed by atoms with Crippen molar-refractivity contribution >= 4 is 27.6 Å². The molecule has 0 aliphatic carbocycles. The molecule has 0 radical (unpaired) electrons. The number of carbonyl (C=O) groups is 2. The Morgan fingerprint density at radius 1 is 1.26 bits per heavy atom. The molecule has 0 bridgehead atoms. The van der Waals surface area contributed by atoms with Gasteiger partial charge in [0.25, 0.3) is 0 Å². The highest BCUT2D eigenvalue weighted by molar-refractivity contribution is 7.89. The van der Waals surface area contributed by atoms with E-state index in [0.29, 0.717) is 5.69 Å². The van der Waals surface area contributed by atoms with Crippen LogP contribution in [-0.4, -0.2) is 25.4 Å². The van der Waals surface area contributed by atoms with Crippen LogP contribution >= 0.6 is 0 Å². The van der Waals surface area contributed by atoms with Crippen LogP contribution in [0.15, 0.2) is 29.2 Å². The zero-order valence-electron chi connectivity index (χ0n) is 10.00. The van der Waals surface area contributed by atoms with Crippen LogP contribution in [0.2, 0.25) is 0 Å². The molecule has 0 aromatic heterocycles. The summed E-state index contributed by atoms with van der Waals surface area (Å²) in [4.78, 5) is 21.7. The number of amides is 1. The molecule has 0 atom stereocenters. The number of nitrogens with two attached hydrogens (primary N) is 1. The summed E-state index contributed by atoms with van der Waals surface area (Å²) in [5, 5.41) is 15.9. The van der Waals surface area contributed by atoms with Gasteiger partial charge in [0.1, 0.15) is 0 Å². The Labute approximate surface area is 110 Å². The molecule has 1 aromatic carbocycles. The Morgan fingerprint density at radius 3 is 2.53 bits per heavy atom. The first kappa shape index (κ1) is 15.1. The minimum absolute atomic E-state index is 0.0475. The van der Waals surface area contributed by atoms with Gasteiger partial charge in [-0.15, -0.1) is 0 Å². The van der Waals surface area contributed by atoms with E-state index < -0.39 is 16.0 Å². The smallest absolute Gasteiger partial charge is 0.303 e. The topological polar surface area (TPSA) is 127 Å². The van der Waals surface area contributed by atoms with Crippen molar-refractivity contribution in [3.63, 3.8) is 0 Å². The standard InChI is InChI=1S/C11H14N2O5S/c12-19(17,18)9-4-1-3-8(7-9)13-10(14)5-2-6-11(15)16/h1,3-4,7H,2,5-6H2,(H,13,14)(H,15,16)(H2,12,17,18). The van der Waals surface area contributed by atoms with Crippen LogP contribution in [0.5, 0.6) is 0 Å². The zero-order valence-corrected chi connectivity index (χ0v) is 10.8. The first-order valence-corrected chi connectivity index (χ1v) is 6.98. The van der Waals surface area contributed by atoms with E-state index in [-0.39, 0.29) is 30.1 Å². The van der Waals surface area contributed by atoms with E-state index in [0.717, 1.165) is 0 Å². The predicted octanol–water partition coefficient (Wildman–Crippen LogP) is 0.527. The van der Waals surface area contributed by atoms with Gasteiger partial charge in [-0.25, -0.2) is 13.6 Å². The normalized spacial score (nSPS) is 11.0. The Kier molecular flexibility index (Phi) is 5.02. The summed E-state index contributed by atoms with van der Waals surface area (Å²) in [5.74, 6) is -1.35. The van der Waals surface area contributed by atoms with Gasteiger partial charge in [-0.3, -0.25) is 9.59 Å². The Morgan fingerprint density at radius 2 is 1.95 bits per heavy atom. The van der Waals surface area contributed by atoms with Crippen LogP contribution < -0.4 is 10.5 Å². The number of anilines is 1. The predicted molar refractivity (Wildman–Crippen MR) is 67.9 cm³/mol. The molecule has 0 aliphatic heterocycles. The summed E-state index contributed by atoms with van der Waals surface area (Å²) in [5.41, 5.74) is 0.298. The fraction of sp³-hybridized carbons (Fsp3) is 0.273. The number of carbonyl (C=O) groups excluding carboxylic acids is 1. The number of primary sulfonamides is 1. The minimum Gasteiger partial charge on any atom is -0.481 e. The lowest BCUT2D eigenvalue weighted by Gasteiger charge is -2.06. The number of hydrogen-bond acceptors (Lipinski definition) is 4. The van der Waals surface area contributed by atoms with Crippen molar-refractivity contribution < 1.29 is 23.1 Å². The molecule has 0 spiro atoms. The van der Waals surface area contributed by atoms with Crippen LogP contribution in [0.25, 0.3) is 0 Å². The van der Waals surface area contributed by atoms with Gasteiger partial charge in [-0.2, -0.15) is 0 Å². The van der Waals surface area contributed by atoms with Crippen molar-refractivity contribution in [3.05, 3.63) is 24.3 Å². The third-order valence-electron chi connectivity index (χ3n) is 2.24. The second kappa shape index (κ2) is 6.30. The zero-order chi connectivity index (χ0) is 14.5. The van der Waals surface area contributed by atoms with Crippen molar-refractivity contribution in [3.8, 4) is 0 Å². The number of carboxylic acids is 1. The van der Waals surface area contributed by atoms with E-state index in [9.17, 15) is 18.0 Å². The Hall–Kier alpha value is -1.93. The lowest BCUT2D eigenvalue weighted by atomic mass is 10.2. The largest absolute Gasteiger partial charge is 0.481 e. The van der Waals surface area contributed by atoms with E-state index in [1.807, 2.05) is 0 Å². The van der Waals surface area contributed by atoms with Crippen LogP contribution in [0, 0.1) is 0 Å². The van der Waals surface area contributed by atoms with Gasteiger partial charge in [0.2, 0.25) is 15.9 Å². The molecule has 0 saturated carbocycles. The number of benzene rings is 1. The third kappa shape index (κ3) is 5.49. The first-order chi connectivity index (χ1) is 8.79. The number of sulfonamides is 1. The molecule has 0 saturated heterocycles. The van der Waals surface area contributed by atoms with Crippen LogP contribution in [0.1, 0.15) is 19.3 Å². The molecule has 1 rings (SSSR count). The van der Waals surface area contributed by atoms with Gasteiger partial charge < -0.3 is 10.4 Å². The number of aliphatic carboxylic acids is 1. The number of rotatable bonds is 6. The molecule has 7 nitrogen and oxygen atoms in total. The molecular formula is C11H14N2O5S. The summed E-state index contributed by atoms with van der Waals surface area (Å²) in [6, 6.07) is 5.52. The van der Waals surface area contributed by atoms with Gasteiger partial charge >= 0.3 is 5.97 Å². The first-order valence-electron chi connectivity index (χ1n) is 5.43. The van der Waals surface area contributed by atoms with Crippen molar-refractivity contribution in [2.24, 2.45) is 5.14 Å². The molecule has 1 aromatic rings. The summed E-state index contributed by atoms with van der Waals surface area (Å²) in [7, 11) is -3.82. The van der Waals surface area contributed by atoms with Gasteiger partial charge in [-0.05, 0) is 24.6 Å². The highest BCUT2D eigenvalue weighted by Gasteiger charge is 2.09. The minimum atomic E-state index is -3.82. The van der Waals surface area contributed by atoms with Crippen LogP contribution in [-0.2, 0) is 19.6 Å². The number of hydrogen-bond donors (Lipinski definition) is 3. The maximum Gasteiger partial charge on any atom is 0.303 e. The molecule has 4 N–H and O–H groups in total. The number of carboxylic acid groups (broad SMARTS) is 1. The van der Waals surface area contributed by atoms with E-state index in [2.05, 4.69) is 5.32 Å². The molecule has 8 heteroatoms. The molecule has 0 unspecified atom stereocenters. The molecule has 0 fully saturated rings. The molecule has 104 valence electrons. The average molecular weight is 286 g/mol. The summed E-state index contributed by atoms with van der Waals surface area (Å²) in [6.07, 6.45) is 0.173. The van der Waals surface area contributed by atoms with Gasteiger partial charge in [0, 0.05) is 18.5 Å². The van der Waals surface area contributed by atoms with Crippen LogP contribution in [0.3, 0.4) is 0 Å². The Bertz CT molecular complexity index is 583. The van der Waals surface area contributed by atoms with Crippen molar-refractivity contribution in [2.75, 3.05) is 5.32 Å². The molecule has 19 heavy (non-hydrogen) atoms. The second-order valence-electron chi connectivity index (χ2n) is 3.87. The maximum atomic E-state index is 11.5. The highest BCUT2D eigenvalue weighted by Crippen LogP contribution is 2.14. The summed E-state index contributed by atoms with van der Waals surface area (Å²) >= 11 is 0. The molecule has 1 amide bonds.